The number of morpholine rings is 1. The predicted molar refractivity (Wildman–Crippen MR) is 139 cm³/mol. The number of aryl methyl sites for hydroxylation is 1. The molecule has 2 aromatic rings. The summed E-state index contributed by atoms with van der Waals surface area (Å²) in [6.07, 6.45) is 0.855. The molecule has 2 aromatic carbocycles. The van der Waals surface area contributed by atoms with Crippen molar-refractivity contribution in [3.63, 3.8) is 0 Å². The molecule has 0 aliphatic carbocycles. The van der Waals surface area contributed by atoms with Gasteiger partial charge < -0.3 is 19.3 Å². The molecule has 1 atom stereocenters. The molecule has 2 heterocycles. The van der Waals surface area contributed by atoms with Crippen LogP contribution in [-0.2, 0) is 26.0 Å². The molecule has 2 saturated heterocycles. The number of carbonyl (C=O) groups is 1. The van der Waals surface area contributed by atoms with Crippen LogP contribution in [0.1, 0.15) is 18.9 Å². The fraction of sp³-hybridized carbons (Fsp3) is 0.500. The number of amides is 1. The molecule has 2 aliphatic heterocycles. The summed E-state index contributed by atoms with van der Waals surface area (Å²) in [5, 5.41) is 0.527. The molecular formula is C26H34ClN3O5S. The van der Waals surface area contributed by atoms with Gasteiger partial charge in [-0.2, -0.15) is 4.31 Å². The van der Waals surface area contributed by atoms with E-state index in [1.54, 1.807) is 36.4 Å². The Morgan fingerprint density at radius 3 is 2.47 bits per heavy atom. The topological polar surface area (TPSA) is 79.4 Å². The summed E-state index contributed by atoms with van der Waals surface area (Å²) in [6, 6.07) is 13.9. The van der Waals surface area contributed by atoms with Crippen LogP contribution in [0.3, 0.4) is 0 Å². The number of benzene rings is 2. The highest BCUT2D eigenvalue weighted by Crippen LogP contribution is 2.30. The number of ether oxygens (including phenoxy) is 2. The Labute approximate surface area is 218 Å². The minimum Gasteiger partial charge on any atom is -0.490 e. The fourth-order valence-corrected chi connectivity index (χ4v) is 6.20. The van der Waals surface area contributed by atoms with E-state index in [-0.39, 0.29) is 43.5 Å². The molecule has 196 valence electrons. The molecule has 2 fully saturated rings. The van der Waals surface area contributed by atoms with Gasteiger partial charge in [0.05, 0.1) is 17.9 Å². The largest absolute Gasteiger partial charge is 0.490 e. The number of rotatable bonds is 8. The molecule has 0 bridgehead atoms. The first-order chi connectivity index (χ1) is 17.2. The molecule has 4 rings (SSSR count). The standard InChI is InChI=1S/C26H34ClN3O5S/c1-3-21-7-9-24(10-8-21)36(32,33)30-15-16-35-26(19-30,20-34-23-6-4-5-22(27)17-23)18-25(31)29-13-11-28(2)12-14-29/h4-10,17H,3,11-16,18-20H2,1-2H3/t26-/m1/s1. The van der Waals surface area contributed by atoms with Gasteiger partial charge in [0.25, 0.3) is 0 Å². The van der Waals surface area contributed by atoms with Gasteiger partial charge in [-0.25, -0.2) is 8.42 Å². The summed E-state index contributed by atoms with van der Waals surface area (Å²) in [4.78, 5) is 17.6. The maximum Gasteiger partial charge on any atom is 0.243 e. The minimum absolute atomic E-state index is 0.0188. The Kier molecular flexibility index (Phi) is 8.57. The number of piperazine rings is 1. The zero-order valence-electron chi connectivity index (χ0n) is 20.9. The van der Waals surface area contributed by atoms with E-state index in [0.29, 0.717) is 23.9 Å². The lowest BCUT2D eigenvalue weighted by atomic mass is 9.97. The van der Waals surface area contributed by atoms with Crippen LogP contribution in [0.15, 0.2) is 53.4 Å². The van der Waals surface area contributed by atoms with Gasteiger partial charge in [0.15, 0.2) is 0 Å². The van der Waals surface area contributed by atoms with Crippen molar-refractivity contribution in [3.05, 3.63) is 59.1 Å². The molecule has 36 heavy (non-hydrogen) atoms. The van der Waals surface area contributed by atoms with E-state index in [1.165, 1.54) is 4.31 Å². The highest BCUT2D eigenvalue weighted by atomic mass is 35.5. The van der Waals surface area contributed by atoms with Crippen LogP contribution in [0.2, 0.25) is 5.02 Å². The maximum absolute atomic E-state index is 13.5. The van der Waals surface area contributed by atoms with E-state index < -0.39 is 15.6 Å². The quantitative estimate of drug-likeness (QED) is 0.517. The average molecular weight is 536 g/mol. The lowest BCUT2D eigenvalue weighted by molar-refractivity contribution is -0.151. The molecule has 8 nitrogen and oxygen atoms in total. The number of nitrogens with zero attached hydrogens (tertiary/aromatic N) is 3. The average Bonchev–Trinajstić information content (AvgIpc) is 2.88. The van der Waals surface area contributed by atoms with E-state index in [1.807, 2.05) is 31.0 Å². The molecular weight excluding hydrogens is 502 g/mol. The van der Waals surface area contributed by atoms with Crippen molar-refractivity contribution in [3.8, 4) is 5.75 Å². The minimum atomic E-state index is -3.77. The third kappa shape index (κ3) is 6.39. The third-order valence-electron chi connectivity index (χ3n) is 6.81. The first-order valence-electron chi connectivity index (χ1n) is 12.3. The van der Waals surface area contributed by atoms with Crippen LogP contribution in [0.25, 0.3) is 0 Å². The van der Waals surface area contributed by atoms with Gasteiger partial charge in [-0.3, -0.25) is 4.79 Å². The van der Waals surface area contributed by atoms with Crippen molar-refractivity contribution < 1.29 is 22.7 Å². The molecule has 0 saturated carbocycles. The lowest BCUT2D eigenvalue weighted by Crippen LogP contribution is -2.59. The Morgan fingerprint density at radius 2 is 1.81 bits per heavy atom. The summed E-state index contributed by atoms with van der Waals surface area (Å²) >= 11 is 6.11. The van der Waals surface area contributed by atoms with E-state index in [2.05, 4.69) is 4.90 Å². The van der Waals surface area contributed by atoms with Crippen LogP contribution in [0.4, 0.5) is 0 Å². The SMILES string of the molecule is CCc1ccc(S(=O)(=O)N2CCO[C@](COc3cccc(Cl)c3)(CC(=O)N3CCN(C)CC3)C2)cc1. The van der Waals surface area contributed by atoms with E-state index in [4.69, 9.17) is 21.1 Å². The predicted octanol–water partition coefficient (Wildman–Crippen LogP) is 2.91. The zero-order chi connectivity index (χ0) is 25.8. The monoisotopic (exact) mass is 535 g/mol. The summed E-state index contributed by atoms with van der Waals surface area (Å²) in [5.74, 6) is 0.469. The first kappa shape index (κ1) is 26.9. The molecule has 0 aromatic heterocycles. The van der Waals surface area contributed by atoms with Crippen molar-refractivity contribution in [2.24, 2.45) is 0 Å². The van der Waals surface area contributed by atoms with Crippen LogP contribution in [-0.4, -0.2) is 93.6 Å². The number of hydrogen-bond acceptors (Lipinski definition) is 6. The number of carbonyl (C=O) groups excluding carboxylic acids is 1. The van der Waals surface area contributed by atoms with Gasteiger partial charge >= 0.3 is 0 Å². The smallest absolute Gasteiger partial charge is 0.243 e. The van der Waals surface area contributed by atoms with Crippen LogP contribution in [0, 0.1) is 0 Å². The second kappa shape index (κ2) is 11.5. The molecule has 1 amide bonds. The van der Waals surface area contributed by atoms with E-state index >= 15 is 0 Å². The Bertz CT molecular complexity index is 1150. The summed E-state index contributed by atoms with van der Waals surface area (Å²) in [5.41, 5.74) is -0.0600. The zero-order valence-corrected chi connectivity index (χ0v) is 22.4. The molecule has 0 spiro atoms. The van der Waals surface area contributed by atoms with Crippen molar-refractivity contribution >= 4 is 27.5 Å². The van der Waals surface area contributed by atoms with Crippen LogP contribution < -0.4 is 4.74 Å². The Balaban J connectivity index is 1.56. The molecule has 0 unspecified atom stereocenters. The van der Waals surface area contributed by atoms with Crippen molar-refractivity contribution in [2.45, 2.75) is 30.3 Å². The van der Waals surface area contributed by atoms with Gasteiger partial charge in [0, 0.05) is 44.3 Å². The highest BCUT2D eigenvalue weighted by Gasteiger charge is 2.44. The van der Waals surface area contributed by atoms with Crippen molar-refractivity contribution in [2.75, 3.05) is 59.5 Å². The van der Waals surface area contributed by atoms with Gasteiger partial charge in [-0.15, -0.1) is 0 Å². The lowest BCUT2D eigenvalue weighted by Gasteiger charge is -2.43. The number of halogens is 1. The van der Waals surface area contributed by atoms with Gasteiger partial charge in [-0.1, -0.05) is 36.7 Å². The molecule has 10 heteroatoms. The van der Waals surface area contributed by atoms with Crippen LogP contribution >= 0.6 is 11.6 Å². The molecule has 0 N–H and O–H groups in total. The summed E-state index contributed by atoms with van der Waals surface area (Å²) < 4.78 is 40.7. The second-order valence-electron chi connectivity index (χ2n) is 9.47. The molecule has 2 aliphatic rings. The second-order valence-corrected chi connectivity index (χ2v) is 11.8. The Hall–Kier alpha value is -2.17. The highest BCUT2D eigenvalue weighted by molar-refractivity contribution is 7.89. The van der Waals surface area contributed by atoms with E-state index in [0.717, 1.165) is 25.1 Å². The van der Waals surface area contributed by atoms with E-state index in [9.17, 15) is 13.2 Å². The van der Waals surface area contributed by atoms with Gasteiger partial charge in [0.1, 0.15) is 18.0 Å². The number of sulfonamides is 1. The van der Waals surface area contributed by atoms with Crippen molar-refractivity contribution in [1.82, 2.24) is 14.1 Å². The maximum atomic E-state index is 13.5. The van der Waals surface area contributed by atoms with Crippen LogP contribution in [0.5, 0.6) is 5.75 Å². The third-order valence-corrected chi connectivity index (χ3v) is 8.90. The van der Waals surface area contributed by atoms with Gasteiger partial charge in [0.2, 0.25) is 15.9 Å². The Morgan fingerprint density at radius 1 is 1.08 bits per heavy atom. The first-order valence-corrected chi connectivity index (χ1v) is 14.1. The summed E-state index contributed by atoms with van der Waals surface area (Å²) in [6.45, 7) is 5.30. The normalized spacial score (nSPS) is 21.9. The fourth-order valence-electron chi connectivity index (χ4n) is 4.52. The number of likely N-dealkylation sites (N-methyl/N-ethyl adjacent to an activating group) is 1. The van der Waals surface area contributed by atoms with Crippen molar-refractivity contribution in [1.29, 1.82) is 0 Å². The van der Waals surface area contributed by atoms with Gasteiger partial charge in [-0.05, 0) is 49.4 Å². The molecule has 0 radical (unpaired) electrons. The number of hydrogen-bond donors (Lipinski definition) is 0. The summed E-state index contributed by atoms with van der Waals surface area (Å²) in [7, 11) is -1.74.